The average Bonchev–Trinajstić information content (AvgIpc) is 3.15. The number of sulfonamides is 1. The van der Waals surface area contributed by atoms with Gasteiger partial charge in [-0.25, -0.2) is 8.42 Å². The Morgan fingerprint density at radius 3 is 2.50 bits per heavy atom. The molecule has 0 bridgehead atoms. The van der Waals surface area contributed by atoms with Crippen LogP contribution in [-0.4, -0.2) is 61.5 Å². The zero-order chi connectivity index (χ0) is 18.6. The first kappa shape index (κ1) is 19.3. The Bertz CT molecular complexity index is 721. The molecular formula is C19H29N3O3S. The molecule has 3 rings (SSSR count). The zero-order valence-corrected chi connectivity index (χ0v) is 16.3. The number of benzene rings is 1. The molecule has 1 amide bonds. The molecule has 0 unspecified atom stereocenters. The van der Waals surface area contributed by atoms with Crippen LogP contribution in [-0.2, 0) is 16.6 Å². The van der Waals surface area contributed by atoms with Crippen LogP contribution in [0.2, 0.25) is 0 Å². The van der Waals surface area contributed by atoms with Gasteiger partial charge in [-0.15, -0.1) is 0 Å². The normalized spacial score (nSPS) is 20.3. The van der Waals surface area contributed by atoms with Gasteiger partial charge >= 0.3 is 0 Å². The van der Waals surface area contributed by atoms with Crippen LogP contribution in [0.15, 0.2) is 24.3 Å². The molecule has 0 radical (unpaired) electrons. The van der Waals surface area contributed by atoms with E-state index in [1.54, 1.807) is 11.2 Å². The van der Waals surface area contributed by atoms with E-state index in [-0.39, 0.29) is 11.7 Å². The van der Waals surface area contributed by atoms with Crippen LogP contribution in [0.5, 0.6) is 0 Å². The second-order valence-corrected chi connectivity index (χ2v) is 9.49. The molecule has 26 heavy (non-hydrogen) atoms. The minimum atomic E-state index is -3.09. The molecule has 6 nitrogen and oxygen atoms in total. The van der Waals surface area contributed by atoms with Crippen molar-refractivity contribution in [1.29, 1.82) is 0 Å². The molecule has 1 aliphatic carbocycles. The average molecular weight is 380 g/mol. The van der Waals surface area contributed by atoms with Gasteiger partial charge in [-0.2, -0.15) is 4.31 Å². The topological polar surface area (TPSA) is 69.7 Å². The van der Waals surface area contributed by atoms with Crippen LogP contribution in [0.3, 0.4) is 0 Å². The summed E-state index contributed by atoms with van der Waals surface area (Å²) in [4.78, 5) is 14.7. The lowest BCUT2D eigenvalue weighted by molar-refractivity contribution is 0.0937. The molecule has 1 saturated heterocycles. The van der Waals surface area contributed by atoms with Crippen LogP contribution in [0.1, 0.15) is 48.5 Å². The molecule has 1 heterocycles. The Morgan fingerprint density at radius 1 is 1.15 bits per heavy atom. The van der Waals surface area contributed by atoms with Crippen molar-refractivity contribution in [2.24, 2.45) is 0 Å². The van der Waals surface area contributed by atoms with Crippen LogP contribution in [0.4, 0.5) is 0 Å². The number of carbonyl (C=O) groups excluding carboxylic acids is 1. The van der Waals surface area contributed by atoms with E-state index in [0.29, 0.717) is 24.7 Å². The molecule has 0 atom stereocenters. The molecule has 1 saturated carbocycles. The van der Waals surface area contributed by atoms with E-state index in [4.69, 9.17) is 0 Å². The number of nitrogens with one attached hydrogen (secondary N) is 1. The predicted octanol–water partition coefficient (Wildman–Crippen LogP) is 1.83. The summed E-state index contributed by atoms with van der Waals surface area (Å²) in [5.41, 5.74) is 1.80. The van der Waals surface area contributed by atoms with Crippen LogP contribution >= 0.6 is 0 Å². The van der Waals surface area contributed by atoms with Crippen LogP contribution in [0, 0.1) is 0 Å². The van der Waals surface area contributed by atoms with Crippen molar-refractivity contribution in [2.75, 3.05) is 31.9 Å². The molecule has 0 spiro atoms. The predicted molar refractivity (Wildman–Crippen MR) is 102 cm³/mol. The van der Waals surface area contributed by atoms with Gasteiger partial charge in [0.1, 0.15) is 0 Å². The Labute approximate surface area is 156 Å². The quantitative estimate of drug-likeness (QED) is 0.819. The van der Waals surface area contributed by atoms with E-state index in [1.165, 1.54) is 12.8 Å². The second kappa shape index (κ2) is 8.50. The molecule has 0 aromatic heterocycles. The largest absolute Gasteiger partial charge is 0.349 e. The smallest absolute Gasteiger partial charge is 0.251 e. The Hall–Kier alpha value is -1.44. The van der Waals surface area contributed by atoms with Crippen molar-refractivity contribution < 1.29 is 13.2 Å². The minimum Gasteiger partial charge on any atom is -0.349 e. The highest BCUT2D eigenvalue weighted by Gasteiger charge is 2.25. The van der Waals surface area contributed by atoms with Gasteiger partial charge in [0.05, 0.1) is 5.75 Å². The van der Waals surface area contributed by atoms with Crippen molar-refractivity contribution in [3.8, 4) is 0 Å². The number of amides is 1. The number of hydrogen-bond donors (Lipinski definition) is 1. The van der Waals surface area contributed by atoms with Gasteiger partial charge in [-0.1, -0.05) is 25.0 Å². The number of nitrogens with zero attached hydrogens (tertiary/aromatic N) is 2. The van der Waals surface area contributed by atoms with Gasteiger partial charge in [0.2, 0.25) is 10.0 Å². The van der Waals surface area contributed by atoms with Crippen LogP contribution < -0.4 is 5.32 Å². The van der Waals surface area contributed by atoms with E-state index >= 15 is 0 Å². The molecule has 7 heteroatoms. The van der Waals surface area contributed by atoms with Gasteiger partial charge < -0.3 is 5.32 Å². The monoisotopic (exact) mass is 379 g/mol. The summed E-state index contributed by atoms with van der Waals surface area (Å²) in [5.74, 6) is 0.170. The first-order valence-electron chi connectivity index (χ1n) is 9.58. The summed E-state index contributed by atoms with van der Waals surface area (Å²) in [6, 6.07) is 8.09. The standard InChI is InChI=1S/C19H29N3O3S/c1-2-26(24,25)22-12-10-21(11-13-22)15-16-6-5-7-17(14-16)19(23)20-18-8-3-4-9-18/h5-7,14,18H,2-4,8-13,15H2,1H3,(H,20,23). The first-order chi connectivity index (χ1) is 12.5. The molecule has 1 aromatic carbocycles. The lowest BCUT2D eigenvalue weighted by Gasteiger charge is -2.33. The summed E-state index contributed by atoms with van der Waals surface area (Å²) in [6.45, 7) is 4.94. The first-order valence-corrected chi connectivity index (χ1v) is 11.2. The van der Waals surface area contributed by atoms with Gasteiger partial charge in [0.25, 0.3) is 5.91 Å². The Kier molecular flexibility index (Phi) is 6.32. The van der Waals surface area contributed by atoms with Crippen molar-refractivity contribution in [3.05, 3.63) is 35.4 Å². The summed E-state index contributed by atoms with van der Waals surface area (Å²) in [7, 11) is -3.09. The third kappa shape index (κ3) is 4.84. The number of piperazine rings is 1. The van der Waals surface area contributed by atoms with Gasteiger partial charge in [0.15, 0.2) is 0 Å². The number of hydrogen-bond acceptors (Lipinski definition) is 4. The second-order valence-electron chi connectivity index (χ2n) is 7.23. The number of rotatable bonds is 6. The van der Waals surface area contributed by atoms with Crippen molar-refractivity contribution >= 4 is 15.9 Å². The molecule has 2 fully saturated rings. The fourth-order valence-corrected chi connectivity index (χ4v) is 4.84. The third-order valence-corrected chi connectivity index (χ3v) is 7.26. The van der Waals surface area contributed by atoms with E-state index in [2.05, 4.69) is 10.2 Å². The van der Waals surface area contributed by atoms with E-state index < -0.39 is 10.0 Å². The lowest BCUT2D eigenvalue weighted by Crippen LogP contribution is -2.48. The van der Waals surface area contributed by atoms with Crippen LogP contribution in [0.25, 0.3) is 0 Å². The van der Waals surface area contributed by atoms with E-state index in [0.717, 1.165) is 38.0 Å². The summed E-state index contributed by atoms with van der Waals surface area (Å²) in [6.07, 6.45) is 4.56. The highest BCUT2D eigenvalue weighted by Crippen LogP contribution is 2.18. The molecule has 1 aliphatic heterocycles. The number of carbonyl (C=O) groups is 1. The molecule has 1 aromatic rings. The lowest BCUT2D eigenvalue weighted by atomic mass is 10.1. The Morgan fingerprint density at radius 2 is 1.85 bits per heavy atom. The summed E-state index contributed by atoms with van der Waals surface area (Å²) >= 11 is 0. The molecule has 2 aliphatic rings. The SMILES string of the molecule is CCS(=O)(=O)N1CCN(Cc2cccc(C(=O)NC3CCCC3)c2)CC1. The van der Waals surface area contributed by atoms with Crippen molar-refractivity contribution in [1.82, 2.24) is 14.5 Å². The molecule has 1 N–H and O–H groups in total. The van der Waals surface area contributed by atoms with Crippen molar-refractivity contribution in [2.45, 2.75) is 45.2 Å². The molecule has 144 valence electrons. The maximum absolute atomic E-state index is 12.4. The fourth-order valence-electron chi connectivity index (χ4n) is 3.76. The van der Waals surface area contributed by atoms with Gasteiger partial charge in [-0.3, -0.25) is 9.69 Å². The Balaban J connectivity index is 1.55. The van der Waals surface area contributed by atoms with E-state index in [1.807, 2.05) is 24.3 Å². The maximum atomic E-state index is 12.4. The maximum Gasteiger partial charge on any atom is 0.251 e. The van der Waals surface area contributed by atoms with E-state index in [9.17, 15) is 13.2 Å². The highest BCUT2D eigenvalue weighted by molar-refractivity contribution is 7.89. The zero-order valence-electron chi connectivity index (χ0n) is 15.5. The highest BCUT2D eigenvalue weighted by atomic mass is 32.2. The minimum absolute atomic E-state index is 0.0117. The summed E-state index contributed by atoms with van der Waals surface area (Å²) in [5, 5.41) is 3.13. The van der Waals surface area contributed by atoms with Crippen molar-refractivity contribution in [3.63, 3.8) is 0 Å². The van der Waals surface area contributed by atoms with Gasteiger partial charge in [-0.05, 0) is 37.5 Å². The molecular weight excluding hydrogens is 350 g/mol. The fraction of sp³-hybridized carbons (Fsp3) is 0.632. The third-order valence-electron chi connectivity index (χ3n) is 5.38. The van der Waals surface area contributed by atoms with Gasteiger partial charge in [0, 0.05) is 44.3 Å². The summed E-state index contributed by atoms with van der Waals surface area (Å²) < 4.78 is 25.5.